The zero-order valence-corrected chi connectivity index (χ0v) is 32.0. The highest BCUT2D eigenvalue weighted by atomic mass is 31.2. The molecule has 2 unspecified atom stereocenters. The average molecular weight is 733 g/mol. The number of rotatable bonds is 34. The summed E-state index contributed by atoms with van der Waals surface area (Å²) in [5.41, 5.74) is 0. The van der Waals surface area contributed by atoms with E-state index in [1.54, 1.807) is 6.08 Å². The predicted molar refractivity (Wildman–Crippen MR) is 197 cm³/mol. The van der Waals surface area contributed by atoms with Crippen molar-refractivity contribution in [3.8, 4) is 0 Å². The summed E-state index contributed by atoms with van der Waals surface area (Å²) in [5.74, 6) is -0.258. The van der Waals surface area contributed by atoms with Crippen molar-refractivity contribution in [2.75, 3.05) is 26.4 Å². The quantitative estimate of drug-likeness (QED) is 0.0166. The molecule has 0 aromatic carbocycles. The molecule has 0 aliphatic carbocycles. The summed E-state index contributed by atoms with van der Waals surface area (Å²) in [6, 6.07) is 0. The number of carbonyl (C=O) groups is 2. The van der Waals surface area contributed by atoms with Gasteiger partial charge in [0.2, 0.25) is 0 Å². The smallest absolute Gasteiger partial charge is 0.462 e. The fraction of sp³-hybridized carbons (Fsp3) is 0.789. The molecule has 4 N–H and O–H groups in total. The Morgan fingerprint density at radius 1 is 0.700 bits per heavy atom. The first-order valence-electron chi connectivity index (χ1n) is 18.9. The minimum Gasteiger partial charge on any atom is -0.462 e. The van der Waals surface area contributed by atoms with Crippen molar-refractivity contribution in [3.63, 3.8) is 0 Å². The molecule has 292 valence electrons. The second-order valence-electron chi connectivity index (χ2n) is 13.3. The molecular formula is C38H69O11P. The molecule has 0 aliphatic rings. The highest BCUT2D eigenvalue weighted by Gasteiger charge is 2.27. The van der Waals surface area contributed by atoms with Crippen molar-refractivity contribution in [2.24, 2.45) is 5.92 Å². The summed E-state index contributed by atoms with van der Waals surface area (Å²) < 4.78 is 32.5. The number of unbranched alkanes of at least 4 members (excludes halogenated alkanes) is 11. The van der Waals surface area contributed by atoms with Gasteiger partial charge in [-0.05, 0) is 38.0 Å². The van der Waals surface area contributed by atoms with Gasteiger partial charge >= 0.3 is 19.8 Å². The number of aliphatic hydroxyl groups is 3. The zero-order valence-electron chi connectivity index (χ0n) is 31.1. The molecular weight excluding hydrogens is 663 g/mol. The molecule has 0 spiro atoms. The van der Waals surface area contributed by atoms with Crippen LogP contribution in [0.4, 0.5) is 0 Å². The zero-order chi connectivity index (χ0) is 37.3. The number of hydrogen-bond donors (Lipinski definition) is 4. The van der Waals surface area contributed by atoms with E-state index >= 15 is 0 Å². The van der Waals surface area contributed by atoms with Crippen LogP contribution in [0.3, 0.4) is 0 Å². The van der Waals surface area contributed by atoms with Gasteiger partial charge < -0.3 is 29.7 Å². The maximum absolute atomic E-state index is 12.5. The molecule has 11 nitrogen and oxygen atoms in total. The fourth-order valence-corrected chi connectivity index (χ4v) is 5.68. The van der Waals surface area contributed by atoms with Crippen LogP contribution in [0.5, 0.6) is 0 Å². The Bertz CT molecular complexity index is 966. The molecule has 0 radical (unpaired) electrons. The number of carbonyl (C=O) groups excluding carboxylic acids is 2. The van der Waals surface area contributed by atoms with E-state index in [1.165, 1.54) is 32.1 Å². The van der Waals surface area contributed by atoms with E-state index in [0.29, 0.717) is 19.3 Å². The van der Waals surface area contributed by atoms with Gasteiger partial charge in [0.15, 0.2) is 6.10 Å². The minimum absolute atomic E-state index is 0.163. The topological polar surface area (TPSA) is 169 Å². The monoisotopic (exact) mass is 732 g/mol. The highest BCUT2D eigenvalue weighted by Crippen LogP contribution is 2.43. The molecule has 0 heterocycles. The van der Waals surface area contributed by atoms with Gasteiger partial charge in [0.25, 0.3) is 0 Å². The van der Waals surface area contributed by atoms with Crippen LogP contribution in [0.2, 0.25) is 0 Å². The van der Waals surface area contributed by atoms with E-state index < -0.39 is 57.9 Å². The maximum Gasteiger partial charge on any atom is 0.472 e. The van der Waals surface area contributed by atoms with Crippen LogP contribution in [0.25, 0.3) is 0 Å². The molecule has 4 atom stereocenters. The Labute approximate surface area is 302 Å². The van der Waals surface area contributed by atoms with Crippen molar-refractivity contribution in [2.45, 2.75) is 161 Å². The van der Waals surface area contributed by atoms with E-state index in [-0.39, 0.29) is 19.4 Å². The van der Waals surface area contributed by atoms with Crippen LogP contribution in [0.1, 0.15) is 143 Å². The summed E-state index contributed by atoms with van der Waals surface area (Å²) in [7, 11) is -4.63. The third-order valence-corrected chi connectivity index (χ3v) is 8.79. The highest BCUT2D eigenvalue weighted by molar-refractivity contribution is 7.47. The summed E-state index contributed by atoms with van der Waals surface area (Å²) in [6.45, 7) is 4.38. The largest absolute Gasteiger partial charge is 0.472 e. The number of aliphatic hydroxyl groups excluding tert-OH is 3. The molecule has 0 saturated carbocycles. The molecule has 0 saturated heterocycles. The van der Waals surface area contributed by atoms with E-state index in [0.717, 1.165) is 63.7 Å². The summed E-state index contributed by atoms with van der Waals surface area (Å²) in [5, 5.41) is 28.3. The number of hydrogen-bond acceptors (Lipinski definition) is 10. The Morgan fingerprint density at radius 2 is 1.26 bits per heavy atom. The molecule has 0 aliphatic heterocycles. The van der Waals surface area contributed by atoms with Gasteiger partial charge in [-0.3, -0.25) is 18.6 Å². The van der Waals surface area contributed by atoms with Crippen molar-refractivity contribution in [3.05, 3.63) is 36.5 Å². The first-order valence-corrected chi connectivity index (χ1v) is 20.4. The predicted octanol–water partition coefficient (Wildman–Crippen LogP) is 8.05. The van der Waals surface area contributed by atoms with Crippen molar-refractivity contribution >= 4 is 19.8 Å². The second kappa shape index (κ2) is 33.0. The van der Waals surface area contributed by atoms with E-state index in [2.05, 4.69) is 37.4 Å². The number of ether oxygens (including phenoxy) is 2. The molecule has 0 aromatic heterocycles. The molecule has 0 amide bonds. The molecule has 12 heteroatoms. The van der Waals surface area contributed by atoms with Gasteiger partial charge in [0, 0.05) is 12.8 Å². The lowest BCUT2D eigenvalue weighted by Crippen LogP contribution is -2.29. The summed E-state index contributed by atoms with van der Waals surface area (Å²) in [6.07, 6.45) is 25.9. The number of esters is 2. The van der Waals surface area contributed by atoms with Gasteiger partial charge in [-0.2, -0.15) is 0 Å². The van der Waals surface area contributed by atoms with Crippen LogP contribution in [0.15, 0.2) is 36.5 Å². The van der Waals surface area contributed by atoms with Crippen molar-refractivity contribution in [1.29, 1.82) is 0 Å². The lowest BCUT2D eigenvalue weighted by Gasteiger charge is -2.20. The third-order valence-electron chi connectivity index (χ3n) is 7.84. The Morgan fingerprint density at radius 3 is 1.86 bits per heavy atom. The van der Waals surface area contributed by atoms with Crippen molar-refractivity contribution < 1.29 is 52.9 Å². The summed E-state index contributed by atoms with van der Waals surface area (Å²) >= 11 is 0. The molecule has 0 aromatic rings. The third kappa shape index (κ3) is 33.3. The maximum atomic E-state index is 12.5. The number of allylic oxidation sites excluding steroid dienone is 5. The normalized spacial score (nSPS) is 15.2. The van der Waals surface area contributed by atoms with E-state index in [1.807, 2.05) is 18.2 Å². The van der Waals surface area contributed by atoms with Crippen LogP contribution in [-0.2, 0) is 32.7 Å². The van der Waals surface area contributed by atoms with E-state index in [4.69, 9.17) is 19.1 Å². The van der Waals surface area contributed by atoms with Crippen LogP contribution >= 0.6 is 7.82 Å². The van der Waals surface area contributed by atoms with Crippen LogP contribution in [0, 0.1) is 5.92 Å². The van der Waals surface area contributed by atoms with Gasteiger partial charge in [0.1, 0.15) is 12.7 Å². The Hall–Kier alpha value is -1.85. The SMILES string of the molecule is CC/C=C/C/C=C/C=C/C(O)CCCCCCCC(=O)OC[C@H](COP(=O)(O)OC[C@@H](O)CO)OC(=O)CCCCCCCCCCC(C)C. The number of phosphoric ester groups is 1. The lowest BCUT2D eigenvalue weighted by atomic mass is 10.0. The Kier molecular flexibility index (Phi) is 31.8. The van der Waals surface area contributed by atoms with Crippen molar-refractivity contribution in [1.82, 2.24) is 0 Å². The fourth-order valence-electron chi connectivity index (χ4n) is 4.89. The Balaban J connectivity index is 4.46. The molecule has 0 rings (SSSR count). The van der Waals surface area contributed by atoms with Gasteiger partial charge in [-0.15, -0.1) is 0 Å². The number of phosphoric acid groups is 1. The molecule has 50 heavy (non-hydrogen) atoms. The molecule has 0 bridgehead atoms. The first kappa shape index (κ1) is 48.1. The minimum atomic E-state index is -4.63. The summed E-state index contributed by atoms with van der Waals surface area (Å²) in [4.78, 5) is 34.8. The lowest BCUT2D eigenvalue weighted by molar-refractivity contribution is -0.161. The standard InChI is InChI=1S/C38H69O11P/c1-4-5-6-7-10-15-20-25-34(40)26-21-16-13-18-22-27-37(42)46-31-36(32-48-50(44,45)47-30-35(41)29-39)49-38(43)28-23-17-12-9-8-11-14-19-24-33(2)3/h5-6,10,15,20,25,33-36,39-41H,4,7-9,11-14,16-19,21-24,26-32H2,1-3H3,(H,44,45)/b6-5+,15-10+,25-20+/t34?,35-,36+/m0/s1. The van der Waals surface area contributed by atoms with Crippen LogP contribution in [-0.4, -0.2) is 76.9 Å². The van der Waals surface area contributed by atoms with Crippen LogP contribution < -0.4 is 0 Å². The van der Waals surface area contributed by atoms with Gasteiger partial charge in [-0.25, -0.2) is 4.57 Å². The van der Waals surface area contributed by atoms with E-state index in [9.17, 15) is 29.3 Å². The second-order valence-corrected chi connectivity index (χ2v) is 14.7. The first-order chi connectivity index (χ1) is 24.0. The average Bonchev–Trinajstić information content (AvgIpc) is 3.08. The van der Waals surface area contributed by atoms with Gasteiger partial charge in [-0.1, -0.05) is 134 Å². The van der Waals surface area contributed by atoms with Gasteiger partial charge in [0.05, 0.1) is 25.9 Å². The molecule has 0 fully saturated rings.